The number of rotatable bonds is 5. The molecular formula is C20H19N3O5S. The molecular weight excluding hydrogens is 394 g/mol. The Kier molecular flexibility index (Phi) is 4.91. The molecule has 0 amide bonds. The van der Waals surface area contributed by atoms with Crippen molar-refractivity contribution in [1.82, 2.24) is 15.1 Å². The van der Waals surface area contributed by atoms with Gasteiger partial charge in [0.15, 0.2) is 21.5 Å². The summed E-state index contributed by atoms with van der Waals surface area (Å²) >= 11 is 0. The molecule has 0 bridgehead atoms. The third-order valence-corrected chi connectivity index (χ3v) is 5.86. The third kappa shape index (κ3) is 3.53. The maximum atomic E-state index is 12.7. The molecule has 29 heavy (non-hydrogen) atoms. The predicted octanol–water partition coefficient (Wildman–Crippen LogP) is 3.29. The summed E-state index contributed by atoms with van der Waals surface area (Å²) in [5.41, 5.74) is 1.10. The molecule has 0 saturated carbocycles. The fraction of sp³-hybridized carbons (Fsp3) is 0.300. The lowest BCUT2D eigenvalue weighted by atomic mass is 9.85. The number of pyridine rings is 1. The van der Waals surface area contributed by atoms with Crippen LogP contribution in [0.25, 0.3) is 22.8 Å². The number of fused-ring (bicyclic) bond motifs is 1. The zero-order valence-electron chi connectivity index (χ0n) is 15.9. The first-order valence-corrected chi connectivity index (χ1v) is 10.4. The van der Waals surface area contributed by atoms with Gasteiger partial charge in [0, 0.05) is 17.3 Å². The highest BCUT2D eigenvalue weighted by atomic mass is 32.2. The van der Waals surface area contributed by atoms with Gasteiger partial charge in [0.05, 0.1) is 12.0 Å². The number of Topliss-reactive ketones (excluding diaryl/α,β-unsaturated/α-hetero) is 1. The van der Waals surface area contributed by atoms with Gasteiger partial charge in [-0.15, -0.1) is 0 Å². The number of carbonyl (C=O) groups excluding carboxylic acids is 1. The first-order valence-electron chi connectivity index (χ1n) is 9.26. The Bertz CT molecular complexity index is 1160. The third-order valence-electron chi connectivity index (χ3n) is 5.24. The molecule has 0 N–H and O–H groups in total. The van der Waals surface area contributed by atoms with Crippen LogP contribution in [-0.4, -0.2) is 34.9 Å². The molecule has 0 spiro atoms. The Morgan fingerprint density at radius 2 is 1.90 bits per heavy atom. The van der Waals surface area contributed by atoms with Crippen molar-refractivity contribution >= 4 is 16.5 Å². The summed E-state index contributed by atoms with van der Waals surface area (Å²) < 4.78 is 33.7. The maximum absolute atomic E-state index is 12.7. The monoisotopic (exact) mass is 413 g/mol. The van der Waals surface area contributed by atoms with E-state index in [2.05, 4.69) is 15.1 Å². The van der Waals surface area contributed by atoms with E-state index in [4.69, 9.17) is 9.26 Å². The minimum Gasteiger partial charge on any atom is -0.486 e. The number of benzene rings is 1. The highest BCUT2D eigenvalue weighted by Gasteiger charge is 2.37. The molecule has 0 fully saturated rings. The van der Waals surface area contributed by atoms with Gasteiger partial charge >= 0.3 is 0 Å². The molecule has 3 heterocycles. The molecule has 3 aromatic rings. The lowest BCUT2D eigenvalue weighted by Crippen LogP contribution is -2.40. The molecule has 4 rings (SSSR count). The summed E-state index contributed by atoms with van der Waals surface area (Å²) in [4.78, 5) is 20.8. The normalized spacial score (nSPS) is 15.2. The van der Waals surface area contributed by atoms with Crippen LogP contribution in [0.5, 0.6) is 5.75 Å². The topological polar surface area (TPSA) is 112 Å². The summed E-state index contributed by atoms with van der Waals surface area (Å²) in [6.45, 7) is 4.04. The quantitative estimate of drug-likeness (QED) is 0.634. The van der Waals surface area contributed by atoms with Crippen molar-refractivity contribution in [2.45, 2.75) is 43.7 Å². The van der Waals surface area contributed by atoms with Gasteiger partial charge in [0.2, 0.25) is 5.82 Å². The van der Waals surface area contributed by atoms with E-state index in [0.29, 0.717) is 28.9 Å². The number of hydrogen-bond acceptors (Lipinski definition) is 8. The molecule has 0 unspecified atom stereocenters. The van der Waals surface area contributed by atoms with Gasteiger partial charge in [0.25, 0.3) is 5.89 Å². The van der Waals surface area contributed by atoms with Gasteiger partial charge < -0.3 is 9.26 Å². The number of thiol groups is 1. The van der Waals surface area contributed by atoms with E-state index >= 15 is 0 Å². The van der Waals surface area contributed by atoms with E-state index in [9.17, 15) is 13.2 Å². The molecule has 1 aliphatic rings. The number of ether oxygens (including phenoxy) is 1. The number of nitrogens with zero attached hydrogens (tertiary/aromatic N) is 3. The first-order chi connectivity index (χ1) is 13.9. The summed E-state index contributed by atoms with van der Waals surface area (Å²) in [7, 11) is -2.81. The van der Waals surface area contributed by atoms with E-state index in [1.807, 2.05) is 13.8 Å². The standard InChI is InChI=1S/C20H19N3O5S/c1-3-20(4-2)11-15(24)14-9-13(5-6-16(14)27-20)19-22-18(23-28-19)12-7-8-21-17(10-12)29(25)26/h5-10,29H,3-4,11H2,1-2H3. The van der Waals surface area contributed by atoms with Gasteiger partial charge in [-0.1, -0.05) is 19.0 Å². The predicted molar refractivity (Wildman–Crippen MR) is 104 cm³/mol. The van der Waals surface area contributed by atoms with Crippen LogP contribution in [0.4, 0.5) is 0 Å². The van der Waals surface area contributed by atoms with Crippen molar-refractivity contribution in [2.24, 2.45) is 0 Å². The molecule has 0 atom stereocenters. The van der Waals surface area contributed by atoms with Crippen LogP contribution < -0.4 is 4.74 Å². The highest BCUT2D eigenvalue weighted by molar-refractivity contribution is 7.72. The Labute approximate surface area is 168 Å². The molecule has 150 valence electrons. The van der Waals surface area contributed by atoms with Crippen molar-refractivity contribution in [2.75, 3.05) is 0 Å². The van der Waals surface area contributed by atoms with E-state index in [0.717, 1.165) is 12.8 Å². The van der Waals surface area contributed by atoms with Crippen LogP contribution in [0.2, 0.25) is 0 Å². The van der Waals surface area contributed by atoms with Crippen molar-refractivity contribution in [3.05, 3.63) is 42.1 Å². The van der Waals surface area contributed by atoms with E-state index in [1.54, 1.807) is 24.3 Å². The van der Waals surface area contributed by atoms with Crippen molar-refractivity contribution < 1.29 is 22.5 Å². The van der Waals surface area contributed by atoms with E-state index in [-0.39, 0.29) is 22.5 Å². The summed E-state index contributed by atoms with van der Waals surface area (Å²) in [5, 5.41) is 3.84. The minimum atomic E-state index is -2.81. The Morgan fingerprint density at radius 3 is 2.62 bits per heavy atom. The number of ketones is 1. The molecule has 2 aromatic heterocycles. The highest BCUT2D eigenvalue weighted by Crippen LogP contribution is 2.39. The van der Waals surface area contributed by atoms with Gasteiger partial charge in [-0.25, -0.2) is 13.4 Å². The molecule has 0 aliphatic carbocycles. The minimum absolute atomic E-state index is 0.0227. The zero-order valence-corrected chi connectivity index (χ0v) is 16.8. The number of aromatic nitrogens is 3. The SMILES string of the molecule is CCC1(CC)CC(=O)c2cc(-c3nc(-c4ccnc([SH](=O)=O)c4)no3)ccc2O1. The average molecular weight is 413 g/mol. The number of carbonyl (C=O) groups is 1. The maximum Gasteiger partial charge on any atom is 0.258 e. The van der Waals surface area contributed by atoms with Gasteiger partial charge in [-0.2, -0.15) is 4.98 Å². The van der Waals surface area contributed by atoms with E-state index in [1.165, 1.54) is 12.3 Å². The summed E-state index contributed by atoms with van der Waals surface area (Å²) in [6, 6.07) is 8.17. The van der Waals surface area contributed by atoms with E-state index < -0.39 is 16.3 Å². The molecule has 9 heteroatoms. The molecule has 1 aromatic carbocycles. The molecule has 8 nitrogen and oxygen atoms in total. The van der Waals surface area contributed by atoms with Crippen LogP contribution in [0, 0.1) is 0 Å². The Balaban J connectivity index is 1.67. The van der Waals surface area contributed by atoms with Crippen molar-refractivity contribution in [3.8, 4) is 28.6 Å². The van der Waals surface area contributed by atoms with Crippen LogP contribution in [0.15, 0.2) is 46.1 Å². The molecule has 0 radical (unpaired) electrons. The van der Waals surface area contributed by atoms with Gasteiger partial charge in [0.1, 0.15) is 11.4 Å². The molecule has 0 saturated heterocycles. The second-order valence-electron chi connectivity index (χ2n) is 6.89. The first kappa shape index (κ1) is 19.3. The smallest absolute Gasteiger partial charge is 0.258 e. The molecule has 1 aliphatic heterocycles. The average Bonchev–Trinajstić information content (AvgIpc) is 3.24. The summed E-state index contributed by atoms with van der Waals surface area (Å²) in [5.74, 6) is 1.04. The Morgan fingerprint density at radius 1 is 1.10 bits per heavy atom. The lowest BCUT2D eigenvalue weighted by Gasteiger charge is -2.36. The summed E-state index contributed by atoms with van der Waals surface area (Å²) in [6.07, 6.45) is 3.21. The van der Waals surface area contributed by atoms with Crippen LogP contribution in [0.1, 0.15) is 43.5 Å². The zero-order chi connectivity index (χ0) is 20.6. The lowest BCUT2D eigenvalue weighted by molar-refractivity contribution is 0.0350. The second kappa shape index (κ2) is 7.40. The van der Waals surface area contributed by atoms with Crippen LogP contribution >= 0.6 is 0 Å². The Hall–Kier alpha value is -3.07. The fourth-order valence-electron chi connectivity index (χ4n) is 3.39. The van der Waals surface area contributed by atoms with Gasteiger partial charge in [-0.3, -0.25) is 4.79 Å². The van der Waals surface area contributed by atoms with Gasteiger partial charge in [-0.05, 0) is 43.2 Å². The van der Waals surface area contributed by atoms with Crippen LogP contribution in [-0.2, 0) is 10.7 Å². The fourth-order valence-corrected chi connectivity index (χ4v) is 3.79. The van der Waals surface area contributed by atoms with Crippen LogP contribution in [0.3, 0.4) is 0 Å². The van der Waals surface area contributed by atoms with Crippen molar-refractivity contribution in [1.29, 1.82) is 0 Å². The number of hydrogen-bond donors (Lipinski definition) is 1. The largest absolute Gasteiger partial charge is 0.486 e. The second-order valence-corrected chi connectivity index (χ2v) is 7.86. The van der Waals surface area contributed by atoms with Crippen molar-refractivity contribution in [3.63, 3.8) is 0 Å².